The van der Waals surface area contributed by atoms with Gasteiger partial charge in [0.25, 0.3) is 0 Å². The zero-order valence-electron chi connectivity index (χ0n) is 13.3. The molecule has 1 heterocycles. The molecule has 0 radical (unpaired) electrons. The Bertz CT molecular complexity index is 646. The van der Waals surface area contributed by atoms with Crippen molar-refractivity contribution in [2.24, 2.45) is 4.99 Å². The van der Waals surface area contributed by atoms with Crippen LogP contribution in [0.3, 0.4) is 0 Å². The predicted octanol–water partition coefficient (Wildman–Crippen LogP) is 3.47. The van der Waals surface area contributed by atoms with E-state index >= 15 is 0 Å². The highest BCUT2D eigenvalue weighted by Gasteiger charge is 2.09. The van der Waals surface area contributed by atoms with Crippen LogP contribution in [0.25, 0.3) is 0 Å². The largest absolute Gasteiger partial charge is 0.357 e. The molecule has 0 saturated carbocycles. The van der Waals surface area contributed by atoms with E-state index in [1.165, 1.54) is 0 Å². The number of hydrogen-bond donors (Lipinski definition) is 2. The van der Waals surface area contributed by atoms with Crippen molar-refractivity contribution < 1.29 is 4.52 Å². The van der Waals surface area contributed by atoms with Crippen LogP contribution < -0.4 is 10.6 Å². The van der Waals surface area contributed by atoms with Gasteiger partial charge in [-0.2, -0.15) is 4.98 Å². The maximum Gasteiger partial charge on any atom is 0.223 e. The van der Waals surface area contributed by atoms with Crippen LogP contribution in [-0.4, -0.2) is 22.6 Å². The second kappa shape index (κ2) is 9.71. The van der Waals surface area contributed by atoms with E-state index < -0.39 is 0 Å². The molecule has 0 fully saturated rings. The van der Waals surface area contributed by atoms with Crippen molar-refractivity contribution in [3.8, 4) is 0 Å². The fourth-order valence-corrected chi connectivity index (χ4v) is 2.14. The molecule has 8 heteroatoms. The second-order valence-electron chi connectivity index (χ2n) is 4.85. The molecule has 1 unspecified atom stereocenters. The maximum absolute atomic E-state index is 6.03. The van der Waals surface area contributed by atoms with Crippen LogP contribution in [0.1, 0.15) is 37.2 Å². The summed E-state index contributed by atoms with van der Waals surface area (Å²) in [5.74, 6) is 1.79. The van der Waals surface area contributed by atoms with E-state index in [4.69, 9.17) is 16.1 Å². The molecule has 0 aliphatic carbocycles. The Balaban J connectivity index is 0.00000264. The number of guanidine groups is 1. The van der Waals surface area contributed by atoms with Gasteiger partial charge in [-0.05, 0) is 31.5 Å². The van der Waals surface area contributed by atoms with Gasteiger partial charge in [0.1, 0.15) is 6.54 Å². The van der Waals surface area contributed by atoms with E-state index in [1.54, 1.807) is 6.92 Å². The molecule has 0 amide bonds. The normalized spacial score (nSPS) is 12.4. The minimum absolute atomic E-state index is 0. The fraction of sp³-hybridized carbons (Fsp3) is 0.400. The Labute approximate surface area is 158 Å². The SMILES string of the molecule is CCNC(=NCc1noc(C)n1)NC(C)c1cccc(Cl)c1.I. The predicted molar refractivity (Wildman–Crippen MR) is 102 cm³/mol. The minimum Gasteiger partial charge on any atom is -0.357 e. The molecule has 0 bridgehead atoms. The Morgan fingerprint density at radius 3 is 2.83 bits per heavy atom. The zero-order chi connectivity index (χ0) is 15.9. The highest BCUT2D eigenvalue weighted by molar-refractivity contribution is 14.0. The van der Waals surface area contributed by atoms with Crippen LogP contribution in [-0.2, 0) is 6.54 Å². The molecule has 2 N–H and O–H groups in total. The third kappa shape index (κ3) is 6.34. The highest BCUT2D eigenvalue weighted by atomic mass is 127. The van der Waals surface area contributed by atoms with Crippen LogP contribution in [0.5, 0.6) is 0 Å². The Morgan fingerprint density at radius 2 is 2.22 bits per heavy atom. The lowest BCUT2D eigenvalue weighted by Crippen LogP contribution is -2.38. The second-order valence-corrected chi connectivity index (χ2v) is 5.28. The minimum atomic E-state index is 0. The number of nitrogens with one attached hydrogen (secondary N) is 2. The first-order valence-electron chi connectivity index (χ1n) is 7.18. The van der Waals surface area contributed by atoms with Crippen molar-refractivity contribution in [3.63, 3.8) is 0 Å². The molecule has 6 nitrogen and oxygen atoms in total. The summed E-state index contributed by atoms with van der Waals surface area (Å²) in [4.78, 5) is 8.60. The Kier molecular flexibility index (Phi) is 8.32. The monoisotopic (exact) mass is 449 g/mol. The standard InChI is InChI=1S/C15H20ClN5O.HI/c1-4-17-15(18-9-14-20-11(3)22-21-14)19-10(2)12-6-5-7-13(16)8-12;/h5-8,10H,4,9H2,1-3H3,(H2,17,18,19);1H. The number of aromatic nitrogens is 2. The summed E-state index contributed by atoms with van der Waals surface area (Å²) in [5.41, 5.74) is 1.09. The van der Waals surface area contributed by atoms with Gasteiger partial charge >= 0.3 is 0 Å². The van der Waals surface area contributed by atoms with E-state index in [0.29, 0.717) is 24.2 Å². The molecular weight excluding hydrogens is 429 g/mol. The van der Waals surface area contributed by atoms with Crippen LogP contribution in [0.4, 0.5) is 0 Å². The molecular formula is C15H21ClIN5O. The number of benzene rings is 1. The Hall–Kier alpha value is -1.35. The van der Waals surface area contributed by atoms with Crippen molar-refractivity contribution in [1.82, 2.24) is 20.8 Å². The van der Waals surface area contributed by atoms with Crippen molar-refractivity contribution in [3.05, 3.63) is 46.6 Å². The average Bonchev–Trinajstić information content (AvgIpc) is 2.90. The molecule has 0 spiro atoms. The van der Waals surface area contributed by atoms with Gasteiger partial charge in [0.15, 0.2) is 11.8 Å². The van der Waals surface area contributed by atoms with Crippen molar-refractivity contribution in [1.29, 1.82) is 0 Å². The summed E-state index contributed by atoms with van der Waals surface area (Å²) in [6, 6.07) is 7.82. The van der Waals surface area contributed by atoms with E-state index in [-0.39, 0.29) is 30.0 Å². The molecule has 126 valence electrons. The van der Waals surface area contributed by atoms with Crippen molar-refractivity contribution in [2.45, 2.75) is 33.4 Å². The van der Waals surface area contributed by atoms with Crippen LogP contribution in [0.15, 0.2) is 33.8 Å². The van der Waals surface area contributed by atoms with E-state index in [2.05, 4.69) is 32.7 Å². The van der Waals surface area contributed by atoms with Gasteiger partial charge < -0.3 is 15.2 Å². The van der Waals surface area contributed by atoms with Gasteiger partial charge in [-0.3, -0.25) is 0 Å². The molecule has 23 heavy (non-hydrogen) atoms. The molecule has 1 aromatic carbocycles. The topological polar surface area (TPSA) is 75.3 Å². The quantitative estimate of drug-likeness (QED) is 0.415. The summed E-state index contributed by atoms with van der Waals surface area (Å²) in [6.45, 7) is 6.94. The van der Waals surface area contributed by atoms with Gasteiger partial charge in [0.2, 0.25) is 5.89 Å². The molecule has 0 saturated heterocycles. The smallest absolute Gasteiger partial charge is 0.223 e. The summed E-state index contributed by atoms with van der Waals surface area (Å²) in [5, 5.41) is 11.1. The fourth-order valence-electron chi connectivity index (χ4n) is 1.94. The number of halogens is 2. The number of hydrogen-bond acceptors (Lipinski definition) is 4. The van der Waals surface area contributed by atoms with Gasteiger partial charge in [0, 0.05) is 18.5 Å². The van der Waals surface area contributed by atoms with Crippen molar-refractivity contribution >= 4 is 41.5 Å². The Morgan fingerprint density at radius 1 is 1.43 bits per heavy atom. The molecule has 2 rings (SSSR count). The number of nitrogens with zero attached hydrogens (tertiary/aromatic N) is 3. The maximum atomic E-state index is 6.03. The number of aliphatic imine (C=N–C) groups is 1. The van der Waals surface area contributed by atoms with Crippen molar-refractivity contribution in [2.75, 3.05) is 6.54 Å². The van der Waals surface area contributed by atoms with Crippen LogP contribution in [0.2, 0.25) is 5.02 Å². The molecule has 0 aliphatic rings. The number of aryl methyl sites for hydroxylation is 1. The molecule has 0 aliphatic heterocycles. The van der Waals surface area contributed by atoms with Gasteiger partial charge in [0.05, 0.1) is 6.04 Å². The average molecular weight is 450 g/mol. The highest BCUT2D eigenvalue weighted by Crippen LogP contribution is 2.17. The lowest BCUT2D eigenvalue weighted by Gasteiger charge is -2.18. The van der Waals surface area contributed by atoms with E-state index in [9.17, 15) is 0 Å². The number of rotatable bonds is 5. The van der Waals surface area contributed by atoms with Gasteiger partial charge in [-0.15, -0.1) is 24.0 Å². The van der Waals surface area contributed by atoms with Crippen LogP contribution >= 0.6 is 35.6 Å². The third-order valence-electron chi connectivity index (χ3n) is 2.99. The first kappa shape index (κ1) is 19.7. The summed E-state index contributed by atoms with van der Waals surface area (Å²) >= 11 is 6.03. The zero-order valence-corrected chi connectivity index (χ0v) is 16.4. The lowest BCUT2D eigenvalue weighted by molar-refractivity contribution is 0.387. The molecule has 1 atom stereocenters. The first-order valence-corrected chi connectivity index (χ1v) is 7.55. The van der Waals surface area contributed by atoms with Gasteiger partial charge in [-0.25, -0.2) is 4.99 Å². The molecule has 2 aromatic rings. The summed E-state index contributed by atoms with van der Waals surface area (Å²) < 4.78 is 4.93. The summed E-state index contributed by atoms with van der Waals surface area (Å²) in [6.07, 6.45) is 0. The third-order valence-corrected chi connectivity index (χ3v) is 3.23. The van der Waals surface area contributed by atoms with Gasteiger partial charge in [-0.1, -0.05) is 28.9 Å². The van der Waals surface area contributed by atoms with Crippen LogP contribution in [0, 0.1) is 6.92 Å². The lowest BCUT2D eigenvalue weighted by atomic mass is 10.1. The first-order chi connectivity index (χ1) is 10.6. The summed E-state index contributed by atoms with van der Waals surface area (Å²) in [7, 11) is 0. The molecule has 1 aromatic heterocycles. The van der Waals surface area contributed by atoms with E-state index in [0.717, 1.165) is 17.1 Å². The van der Waals surface area contributed by atoms with E-state index in [1.807, 2.05) is 31.2 Å².